The van der Waals surface area contributed by atoms with Crippen molar-refractivity contribution < 1.29 is 8.42 Å². The molecule has 1 aromatic heterocycles. The minimum atomic E-state index is -3.51. The van der Waals surface area contributed by atoms with Crippen LogP contribution in [0.25, 0.3) is 0 Å². The van der Waals surface area contributed by atoms with Crippen molar-refractivity contribution in [1.29, 1.82) is 0 Å². The predicted octanol–water partition coefficient (Wildman–Crippen LogP) is -0.159. The number of sulfonamides is 1. The highest BCUT2D eigenvalue weighted by molar-refractivity contribution is 7.89. The van der Waals surface area contributed by atoms with Crippen LogP contribution in [-0.4, -0.2) is 36.6 Å². The summed E-state index contributed by atoms with van der Waals surface area (Å²) in [6.45, 7) is 3.61. The van der Waals surface area contributed by atoms with Gasteiger partial charge in [0, 0.05) is 18.8 Å². The molecule has 2 heterocycles. The van der Waals surface area contributed by atoms with Crippen LogP contribution in [0.3, 0.4) is 0 Å². The lowest BCUT2D eigenvalue weighted by atomic mass is 9.92. The lowest BCUT2D eigenvalue weighted by Gasteiger charge is -2.34. The van der Waals surface area contributed by atoms with E-state index in [-0.39, 0.29) is 10.6 Å². The van der Waals surface area contributed by atoms with Gasteiger partial charge in [-0.3, -0.25) is 0 Å². The molecule has 1 aliphatic heterocycles. The van der Waals surface area contributed by atoms with E-state index in [1.807, 2.05) is 6.92 Å². The Labute approximate surface area is 101 Å². The maximum Gasteiger partial charge on any atom is 0.260 e. The summed E-state index contributed by atoms with van der Waals surface area (Å²) in [7, 11) is -1.76. The zero-order chi connectivity index (χ0) is 12.5. The molecule has 1 fully saturated rings. The van der Waals surface area contributed by atoms with E-state index < -0.39 is 10.0 Å². The van der Waals surface area contributed by atoms with Crippen molar-refractivity contribution >= 4 is 10.0 Å². The van der Waals surface area contributed by atoms with Crippen LogP contribution >= 0.6 is 0 Å². The van der Waals surface area contributed by atoms with Crippen LogP contribution in [0.15, 0.2) is 17.6 Å². The number of nitrogens with zero attached hydrogens (tertiary/aromatic N) is 2. The lowest BCUT2D eigenvalue weighted by Crippen LogP contribution is -2.52. The SMILES string of the molecule is Cn1cnc(S(=O)(=O)NC2(C)CCNCC2)c1. The molecule has 1 aliphatic rings. The van der Waals surface area contributed by atoms with Gasteiger partial charge in [-0.25, -0.2) is 18.1 Å². The summed E-state index contributed by atoms with van der Waals surface area (Å²) < 4.78 is 28.6. The van der Waals surface area contributed by atoms with Gasteiger partial charge in [-0.15, -0.1) is 0 Å². The van der Waals surface area contributed by atoms with Gasteiger partial charge in [0.25, 0.3) is 10.0 Å². The highest BCUT2D eigenvalue weighted by Crippen LogP contribution is 2.20. The van der Waals surface area contributed by atoms with Crippen LogP contribution in [0.5, 0.6) is 0 Å². The first-order valence-corrected chi connectivity index (χ1v) is 7.12. The molecule has 1 aromatic rings. The van der Waals surface area contributed by atoms with E-state index in [1.165, 1.54) is 12.5 Å². The van der Waals surface area contributed by atoms with E-state index in [2.05, 4.69) is 15.0 Å². The average molecular weight is 258 g/mol. The number of rotatable bonds is 3. The first-order chi connectivity index (χ1) is 7.91. The van der Waals surface area contributed by atoms with E-state index in [1.54, 1.807) is 11.6 Å². The predicted molar refractivity (Wildman–Crippen MR) is 64.0 cm³/mol. The fraction of sp³-hybridized carbons (Fsp3) is 0.700. The molecule has 0 radical (unpaired) electrons. The monoisotopic (exact) mass is 258 g/mol. The van der Waals surface area contributed by atoms with Crippen LogP contribution in [0.1, 0.15) is 19.8 Å². The van der Waals surface area contributed by atoms with Gasteiger partial charge in [0.05, 0.1) is 6.33 Å². The van der Waals surface area contributed by atoms with Crippen molar-refractivity contribution in [2.45, 2.75) is 30.3 Å². The first kappa shape index (κ1) is 12.5. The van der Waals surface area contributed by atoms with Gasteiger partial charge in [-0.1, -0.05) is 0 Å². The van der Waals surface area contributed by atoms with Crippen LogP contribution in [0, 0.1) is 0 Å². The summed E-state index contributed by atoms with van der Waals surface area (Å²) in [5.74, 6) is 0. The number of nitrogens with one attached hydrogen (secondary N) is 2. The Morgan fingerprint density at radius 2 is 2.12 bits per heavy atom. The summed E-state index contributed by atoms with van der Waals surface area (Å²) in [5.41, 5.74) is -0.373. The average Bonchev–Trinajstić information content (AvgIpc) is 2.65. The molecule has 1 saturated heterocycles. The van der Waals surface area contributed by atoms with Gasteiger partial charge in [-0.05, 0) is 32.9 Å². The molecule has 6 nitrogen and oxygen atoms in total. The molecule has 17 heavy (non-hydrogen) atoms. The van der Waals surface area contributed by atoms with E-state index in [0.29, 0.717) is 0 Å². The lowest BCUT2D eigenvalue weighted by molar-refractivity contribution is 0.307. The van der Waals surface area contributed by atoms with Crippen molar-refractivity contribution in [1.82, 2.24) is 19.6 Å². The Balaban J connectivity index is 2.17. The minimum absolute atomic E-state index is 0.0831. The van der Waals surface area contributed by atoms with Crippen LogP contribution in [0.2, 0.25) is 0 Å². The molecule has 0 bridgehead atoms. The largest absolute Gasteiger partial charge is 0.339 e. The molecule has 2 N–H and O–H groups in total. The molecule has 0 spiro atoms. The third-order valence-electron chi connectivity index (χ3n) is 3.04. The molecule has 0 aliphatic carbocycles. The van der Waals surface area contributed by atoms with Gasteiger partial charge in [0.15, 0.2) is 5.03 Å². The van der Waals surface area contributed by atoms with Gasteiger partial charge in [-0.2, -0.15) is 0 Å². The van der Waals surface area contributed by atoms with Crippen LogP contribution < -0.4 is 10.0 Å². The van der Waals surface area contributed by atoms with Gasteiger partial charge >= 0.3 is 0 Å². The minimum Gasteiger partial charge on any atom is -0.339 e. The first-order valence-electron chi connectivity index (χ1n) is 5.64. The van der Waals surface area contributed by atoms with E-state index in [0.717, 1.165) is 25.9 Å². The van der Waals surface area contributed by atoms with Crippen molar-refractivity contribution in [3.63, 3.8) is 0 Å². The summed E-state index contributed by atoms with van der Waals surface area (Å²) in [4.78, 5) is 3.88. The van der Waals surface area contributed by atoms with Crippen LogP contribution in [-0.2, 0) is 17.1 Å². The number of aryl methyl sites for hydroxylation is 1. The Morgan fingerprint density at radius 1 is 1.47 bits per heavy atom. The molecular weight excluding hydrogens is 240 g/mol. The topological polar surface area (TPSA) is 76.0 Å². The fourth-order valence-corrected chi connectivity index (χ4v) is 3.43. The van der Waals surface area contributed by atoms with Crippen molar-refractivity contribution in [2.75, 3.05) is 13.1 Å². The number of hydrogen-bond acceptors (Lipinski definition) is 4. The maximum absolute atomic E-state index is 12.1. The smallest absolute Gasteiger partial charge is 0.260 e. The summed E-state index contributed by atoms with van der Waals surface area (Å²) in [6, 6.07) is 0. The maximum atomic E-state index is 12.1. The van der Waals surface area contributed by atoms with Crippen LogP contribution in [0.4, 0.5) is 0 Å². The van der Waals surface area contributed by atoms with E-state index in [9.17, 15) is 8.42 Å². The second-order valence-corrected chi connectivity index (χ2v) is 6.42. The molecule has 0 saturated carbocycles. The number of piperidine rings is 1. The van der Waals surface area contributed by atoms with Crippen molar-refractivity contribution in [2.24, 2.45) is 7.05 Å². The summed E-state index contributed by atoms with van der Waals surface area (Å²) in [6.07, 6.45) is 4.57. The number of imidazole rings is 1. The summed E-state index contributed by atoms with van der Waals surface area (Å²) >= 11 is 0. The molecule has 2 rings (SSSR count). The molecule has 0 aromatic carbocycles. The second kappa shape index (κ2) is 4.40. The Kier molecular flexibility index (Phi) is 3.24. The standard InChI is InChI=1S/C10H18N4O2S/c1-10(3-5-11-6-4-10)13-17(15,16)9-7-14(2)8-12-9/h7-8,11,13H,3-6H2,1-2H3. The zero-order valence-corrected chi connectivity index (χ0v) is 10.9. The van der Waals surface area contributed by atoms with Gasteiger partial charge in [0.2, 0.25) is 0 Å². The highest BCUT2D eigenvalue weighted by Gasteiger charge is 2.32. The molecule has 96 valence electrons. The van der Waals surface area contributed by atoms with E-state index >= 15 is 0 Å². The normalized spacial score (nSPS) is 20.4. The zero-order valence-electron chi connectivity index (χ0n) is 10.1. The van der Waals surface area contributed by atoms with Gasteiger partial charge in [0.1, 0.15) is 0 Å². The number of aromatic nitrogens is 2. The number of hydrogen-bond donors (Lipinski definition) is 2. The Morgan fingerprint density at radius 3 is 2.65 bits per heavy atom. The summed E-state index contributed by atoms with van der Waals surface area (Å²) in [5, 5.41) is 3.30. The van der Waals surface area contributed by atoms with Crippen molar-refractivity contribution in [3.05, 3.63) is 12.5 Å². The Bertz CT molecular complexity index is 488. The second-order valence-electron chi connectivity index (χ2n) is 4.79. The van der Waals surface area contributed by atoms with Gasteiger partial charge < -0.3 is 9.88 Å². The molecule has 0 unspecified atom stereocenters. The molecule has 7 heteroatoms. The molecule has 0 atom stereocenters. The molecule has 0 amide bonds. The van der Waals surface area contributed by atoms with Crippen molar-refractivity contribution in [3.8, 4) is 0 Å². The third kappa shape index (κ3) is 2.85. The van der Waals surface area contributed by atoms with E-state index in [4.69, 9.17) is 0 Å². The fourth-order valence-electron chi connectivity index (χ4n) is 1.98. The molecular formula is C10H18N4O2S. The highest BCUT2D eigenvalue weighted by atomic mass is 32.2. The quantitative estimate of drug-likeness (QED) is 0.790. The Hall–Kier alpha value is -0.920. The third-order valence-corrected chi connectivity index (χ3v) is 4.57.